The van der Waals surface area contributed by atoms with Crippen molar-refractivity contribution < 1.29 is 4.74 Å². The summed E-state index contributed by atoms with van der Waals surface area (Å²) < 4.78 is 6.15. The molecule has 0 amide bonds. The summed E-state index contributed by atoms with van der Waals surface area (Å²) in [4.78, 5) is 3.33. The molecule has 1 aliphatic carbocycles. The number of ether oxygens (including phenoxy) is 1. The van der Waals surface area contributed by atoms with E-state index >= 15 is 0 Å². The Labute approximate surface area is 111 Å². The van der Waals surface area contributed by atoms with Crippen LogP contribution in [-0.4, -0.2) is 23.7 Å². The smallest absolute Gasteiger partial charge is 0.0992 e. The number of nitriles is 1. The van der Waals surface area contributed by atoms with E-state index in [0.717, 1.165) is 13.0 Å². The second-order valence-electron chi connectivity index (χ2n) is 5.34. The lowest BCUT2D eigenvalue weighted by molar-refractivity contribution is -0.0631. The summed E-state index contributed by atoms with van der Waals surface area (Å²) in [6, 6.07) is 8.84. The van der Waals surface area contributed by atoms with Crippen LogP contribution in [0.5, 0.6) is 0 Å². The molecule has 1 aromatic carbocycles. The summed E-state index contributed by atoms with van der Waals surface area (Å²) in [5.74, 6) is 0. The van der Waals surface area contributed by atoms with Gasteiger partial charge in [-0.1, -0.05) is 12.1 Å². The van der Waals surface area contributed by atoms with Gasteiger partial charge in [0.25, 0.3) is 0 Å². The lowest BCUT2D eigenvalue weighted by atomic mass is 9.85. The number of hydrogen-bond acceptors (Lipinski definition) is 3. The van der Waals surface area contributed by atoms with Crippen LogP contribution in [0.2, 0.25) is 0 Å². The summed E-state index contributed by atoms with van der Waals surface area (Å²) in [5.41, 5.74) is 3.79. The molecule has 19 heavy (non-hydrogen) atoms. The van der Waals surface area contributed by atoms with E-state index < -0.39 is 0 Å². The zero-order valence-electron chi connectivity index (χ0n) is 10.5. The number of fused-ring (bicyclic) bond motifs is 2. The second kappa shape index (κ2) is 4.09. The van der Waals surface area contributed by atoms with Crippen LogP contribution < -0.4 is 5.32 Å². The van der Waals surface area contributed by atoms with E-state index in [1.807, 2.05) is 0 Å². The molecule has 2 unspecified atom stereocenters. The van der Waals surface area contributed by atoms with Crippen molar-refractivity contribution in [2.24, 2.45) is 0 Å². The van der Waals surface area contributed by atoms with E-state index in [1.54, 1.807) is 0 Å². The molecule has 4 rings (SSSR count). The predicted molar refractivity (Wildman–Crippen MR) is 71.6 cm³/mol. The van der Waals surface area contributed by atoms with Crippen molar-refractivity contribution in [2.45, 2.75) is 31.1 Å². The third kappa shape index (κ3) is 1.59. The quantitative estimate of drug-likeness (QED) is 0.817. The lowest BCUT2D eigenvalue weighted by Gasteiger charge is -2.39. The average molecular weight is 253 g/mol. The summed E-state index contributed by atoms with van der Waals surface area (Å²) in [7, 11) is 0. The number of aromatic nitrogens is 1. The van der Waals surface area contributed by atoms with E-state index in [9.17, 15) is 0 Å². The van der Waals surface area contributed by atoms with Crippen LogP contribution in [-0.2, 0) is 11.2 Å². The first-order valence-electron chi connectivity index (χ1n) is 6.71. The average Bonchev–Trinajstić information content (AvgIpc) is 2.85. The highest BCUT2D eigenvalue weighted by atomic mass is 16.5. The minimum atomic E-state index is 0.00185. The minimum absolute atomic E-state index is 0.00185. The molecule has 1 saturated heterocycles. The highest BCUT2D eigenvalue weighted by Crippen LogP contribution is 2.39. The van der Waals surface area contributed by atoms with E-state index in [2.05, 4.69) is 40.8 Å². The Morgan fingerprint density at radius 3 is 3.26 bits per heavy atom. The van der Waals surface area contributed by atoms with Crippen LogP contribution in [0.1, 0.15) is 23.7 Å². The maximum atomic E-state index is 8.83. The molecule has 0 bridgehead atoms. The van der Waals surface area contributed by atoms with Crippen molar-refractivity contribution in [3.05, 3.63) is 35.5 Å². The zero-order valence-corrected chi connectivity index (χ0v) is 10.5. The molecule has 1 aliphatic heterocycles. The summed E-state index contributed by atoms with van der Waals surface area (Å²) in [6.07, 6.45) is 3.61. The Bertz CT molecular complexity index is 670. The van der Waals surface area contributed by atoms with Crippen LogP contribution >= 0.6 is 0 Å². The Morgan fingerprint density at radius 1 is 1.42 bits per heavy atom. The normalized spacial score (nSPS) is 28.9. The van der Waals surface area contributed by atoms with Crippen molar-refractivity contribution in [2.75, 3.05) is 6.54 Å². The topological polar surface area (TPSA) is 60.8 Å². The van der Waals surface area contributed by atoms with Crippen molar-refractivity contribution >= 4 is 10.9 Å². The van der Waals surface area contributed by atoms with Gasteiger partial charge in [-0.25, -0.2) is 0 Å². The molecular weight excluding hydrogens is 238 g/mol. The fourth-order valence-corrected chi connectivity index (χ4v) is 3.35. The molecule has 2 N–H and O–H groups in total. The number of rotatable bonds is 1. The first kappa shape index (κ1) is 11.0. The first-order valence-corrected chi connectivity index (χ1v) is 6.71. The van der Waals surface area contributed by atoms with Gasteiger partial charge in [-0.2, -0.15) is 5.26 Å². The van der Waals surface area contributed by atoms with Crippen LogP contribution in [0.15, 0.2) is 24.4 Å². The van der Waals surface area contributed by atoms with Crippen molar-refractivity contribution in [1.29, 1.82) is 5.26 Å². The van der Waals surface area contributed by atoms with Gasteiger partial charge in [0.1, 0.15) is 0 Å². The molecule has 1 fully saturated rings. The number of nitrogens with zero attached hydrogens (tertiary/aromatic N) is 1. The molecule has 2 heterocycles. The van der Waals surface area contributed by atoms with Gasteiger partial charge in [-0.05, 0) is 23.6 Å². The Kier molecular flexibility index (Phi) is 2.37. The van der Waals surface area contributed by atoms with Gasteiger partial charge in [0.2, 0.25) is 0 Å². The van der Waals surface area contributed by atoms with Gasteiger partial charge >= 0.3 is 0 Å². The van der Waals surface area contributed by atoms with Gasteiger partial charge in [-0.15, -0.1) is 0 Å². The molecule has 2 aliphatic rings. The number of morpholine rings is 1. The SMILES string of the molecule is N#CCC1CN[C@@H]2Cc3c[nH]c4cccc(c34)C2O1. The number of hydrogen-bond donors (Lipinski definition) is 2. The van der Waals surface area contributed by atoms with Gasteiger partial charge in [-0.3, -0.25) is 0 Å². The summed E-state index contributed by atoms with van der Waals surface area (Å²) in [6.45, 7) is 0.768. The minimum Gasteiger partial charge on any atom is -0.366 e. The first-order chi connectivity index (χ1) is 9.36. The van der Waals surface area contributed by atoms with Crippen LogP contribution in [0.4, 0.5) is 0 Å². The van der Waals surface area contributed by atoms with E-state index in [-0.39, 0.29) is 12.2 Å². The van der Waals surface area contributed by atoms with Gasteiger partial charge in [0.15, 0.2) is 0 Å². The van der Waals surface area contributed by atoms with Crippen molar-refractivity contribution in [3.8, 4) is 6.07 Å². The lowest BCUT2D eigenvalue weighted by Crippen LogP contribution is -2.50. The zero-order chi connectivity index (χ0) is 12.8. The molecule has 4 nitrogen and oxygen atoms in total. The molecule has 0 spiro atoms. The van der Waals surface area contributed by atoms with Gasteiger partial charge < -0.3 is 15.0 Å². The molecule has 0 saturated carbocycles. The third-order valence-electron chi connectivity index (χ3n) is 4.20. The molecule has 0 radical (unpaired) electrons. The molecule has 3 atom stereocenters. The van der Waals surface area contributed by atoms with Gasteiger partial charge in [0.05, 0.1) is 24.7 Å². The Hall–Kier alpha value is -1.83. The molecule has 2 aromatic rings. The van der Waals surface area contributed by atoms with Crippen molar-refractivity contribution in [1.82, 2.24) is 10.3 Å². The fourth-order valence-electron chi connectivity index (χ4n) is 3.35. The highest BCUT2D eigenvalue weighted by Gasteiger charge is 2.36. The fraction of sp³-hybridized carbons (Fsp3) is 0.400. The predicted octanol–water partition coefficient (Wildman–Crippen LogP) is 2.04. The van der Waals surface area contributed by atoms with E-state index in [1.165, 1.54) is 22.0 Å². The Morgan fingerprint density at radius 2 is 2.37 bits per heavy atom. The summed E-state index contributed by atoms with van der Waals surface area (Å²) in [5, 5.41) is 13.7. The summed E-state index contributed by atoms with van der Waals surface area (Å²) >= 11 is 0. The van der Waals surface area contributed by atoms with E-state index in [4.69, 9.17) is 10.00 Å². The number of aromatic amines is 1. The number of nitrogens with one attached hydrogen (secondary N) is 2. The maximum Gasteiger partial charge on any atom is 0.0992 e. The van der Waals surface area contributed by atoms with Crippen LogP contribution in [0.25, 0.3) is 10.9 Å². The highest BCUT2D eigenvalue weighted by molar-refractivity contribution is 5.88. The molecule has 4 heteroatoms. The van der Waals surface area contributed by atoms with E-state index in [0.29, 0.717) is 12.5 Å². The molecule has 1 aromatic heterocycles. The van der Waals surface area contributed by atoms with Crippen LogP contribution in [0, 0.1) is 11.3 Å². The standard InChI is InChI=1S/C15H15N3O/c16-5-4-10-8-18-13-6-9-7-17-12-3-1-2-11(14(9)12)15(13)19-10/h1-3,7,10,13,15,17-18H,4,6,8H2/t10?,13-,15?/m1/s1. The monoisotopic (exact) mass is 253 g/mol. The van der Waals surface area contributed by atoms with Crippen LogP contribution in [0.3, 0.4) is 0 Å². The molecular formula is C15H15N3O. The number of H-pyrrole nitrogens is 1. The maximum absolute atomic E-state index is 8.83. The largest absolute Gasteiger partial charge is 0.366 e. The number of benzene rings is 1. The second-order valence-corrected chi connectivity index (χ2v) is 5.34. The third-order valence-corrected chi connectivity index (χ3v) is 4.20. The van der Waals surface area contributed by atoms with Gasteiger partial charge in [0, 0.05) is 29.7 Å². The van der Waals surface area contributed by atoms with Crippen molar-refractivity contribution in [3.63, 3.8) is 0 Å². The molecule has 96 valence electrons. The Balaban J connectivity index is 1.79.